The molecule has 9 heteroatoms. The molecule has 0 radical (unpaired) electrons. The van der Waals surface area contributed by atoms with E-state index in [2.05, 4.69) is 61.0 Å². The molecular weight excluding hydrogens is 460 g/mol. The van der Waals surface area contributed by atoms with Crippen molar-refractivity contribution in [2.45, 2.75) is 52.4 Å². The lowest BCUT2D eigenvalue weighted by molar-refractivity contribution is 0.0939. The first-order valence-corrected chi connectivity index (χ1v) is 14.3. The predicted octanol–water partition coefficient (Wildman–Crippen LogP) is 4.36. The topological polar surface area (TPSA) is 87.0 Å². The first kappa shape index (κ1) is 26.3. The highest BCUT2D eigenvalue weighted by molar-refractivity contribution is 6.74. The Morgan fingerprint density at radius 3 is 2.60 bits per heavy atom. The third kappa shape index (κ3) is 6.02. The van der Waals surface area contributed by atoms with Gasteiger partial charge >= 0.3 is 0 Å². The molecule has 0 atom stereocenters. The van der Waals surface area contributed by atoms with Crippen LogP contribution in [0.5, 0.6) is 11.5 Å². The fourth-order valence-corrected chi connectivity index (χ4v) is 4.01. The smallest absolute Gasteiger partial charge is 0.287 e. The molecule has 0 bridgehead atoms. The Morgan fingerprint density at radius 1 is 1.20 bits per heavy atom. The van der Waals surface area contributed by atoms with Crippen LogP contribution in [-0.4, -0.2) is 49.4 Å². The number of fused-ring (bicyclic) bond motifs is 1. The summed E-state index contributed by atoms with van der Waals surface area (Å²) in [4.78, 5) is 22.0. The van der Waals surface area contributed by atoms with Crippen molar-refractivity contribution in [2.75, 3.05) is 20.8 Å². The fourth-order valence-electron chi connectivity index (χ4n) is 3.14. The summed E-state index contributed by atoms with van der Waals surface area (Å²) >= 11 is 0. The molecule has 0 spiro atoms. The highest BCUT2D eigenvalue weighted by Crippen LogP contribution is 2.36. The van der Waals surface area contributed by atoms with E-state index < -0.39 is 8.32 Å². The van der Waals surface area contributed by atoms with Crippen LogP contribution < -0.4 is 14.8 Å². The fraction of sp³-hybridized carbons (Fsp3) is 0.423. The number of aromatic nitrogens is 3. The zero-order valence-electron chi connectivity index (χ0n) is 21.8. The Balaban J connectivity index is 1.82. The van der Waals surface area contributed by atoms with Crippen LogP contribution in [0.3, 0.4) is 0 Å². The first-order valence-electron chi connectivity index (χ1n) is 11.4. The minimum Gasteiger partial charge on any atom is -0.497 e. The van der Waals surface area contributed by atoms with Crippen molar-refractivity contribution in [3.63, 3.8) is 0 Å². The van der Waals surface area contributed by atoms with Gasteiger partial charge in [-0.1, -0.05) is 26.7 Å². The van der Waals surface area contributed by atoms with Gasteiger partial charge in [0.2, 0.25) is 5.82 Å². The number of hydrogen-bond acceptors (Lipinski definition) is 6. The summed E-state index contributed by atoms with van der Waals surface area (Å²) < 4.78 is 18.5. The molecule has 35 heavy (non-hydrogen) atoms. The van der Waals surface area contributed by atoms with Gasteiger partial charge in [0.25, 0.3) is 5.91 Å². The number of benzene rings is 1. The van der Waals surface area contributed by atoms with Crippen molar-refractivity contribution in [2.24, 2.45) is 0 Å². The van der Waals surface area contributed by atoms with Gasteiger partial charge in [-0.3, -0.25) is 14.2 Å². The number of nitrogens with one attached hydrogen (secondary N) is 1. The Morgan fingerprint density at radius 2 is 1.94 bits per heavy atom. The quantitative estimate of drug-likeness (QED) is 0.388. The van der Waals surface area contributed by atoms with Gasteiger partial charge in [-0.25, -0.2) is 4.98 Å². The largest absolute Gasteiger partial charge is 0.497 e. The van der Waals surface area contributed by atoms with Gasteiger partial charge in [-0.05, 0) is 43.1 Å². The molecule has 1 aromatic carbocycles. The second kappa shape index (κ2) is 10.5. The summed E-state index contributed by atoms with van der Waals surface area (Å²) in [6.45, 7) is 13.4. The molecule has 0 unspecified atom stereocenters. The SMILES string of the molecule is COc1ccc(CNC(=O)c2nc(C#CCO[Si](C)(C)C(C)(C)C)c3cnc(C)cn23)c(OC)c1. The van der Waals surface area contributed by atoms with Crippen molar-refractivity contribution in [1.82, 2.24) is 19.7 Å². The van der Waals surface area contributed by atoms with E-state index in [1.807, 2.05) is 19.1 Å². The number of carbonyl (C=O) groups is 1. The van der Waals surface area contributed by atoms with Crippen LogP contribution in [0, 0.1) is 18.8 Å². The molecular formula is C26H34N4O4Si. The standard InChI is InChI=1S/C26H34N4O4Si/c1-18-17-30-22(16-27-18)21(10-9-13-34-35(7,8)26(2,3)4)29-24(30)25(31)28-15-19-11-12-20(32-5)14-23(19)33-6/h11-12,14,16-17H,13,15H2,1-8H3,(H,28,31). The maximum atomic E-state index is 13.1. The van der Waals surface area contributed by atoms with E-state index in [0.717, 1.165) is 11.3 Å². The van der Waals surface area contributed by atoms with Crippen molar-refractivity contribution >= 4 is 19.7 Å². The van der Waals surface area contributed by atoms with Gasteiger partial charge in [-0.2, -0.15) is 0 Å². The van der Waals surface area contributed by atoms with E-state index >= 15 is 0 Å². The molecule has 0 fully saturated rings. The number of amides is 1. The third-order valence-corrected chi connectivity index (χ3v) is 10.8. The van der Waals surface area contributed by atoms with Gasteiger partial charge in [-0.15, -0.1) is 0 Å². The summed E-state index contributed by atoms with van der Waals surface area (Å²) in [6, 6.07) is 5.46. The molecule has 0 aliphatic carbocycles. The summed E-state index contributed by atoms with van der Waals surface area (Å²) in [6.07, 6.45) is 3.47. The van der Waals surface area contributed by atoms with Crippen molar-refractivity contribution in [1.29, 1.82) is 0 Å². The summed E-state index contributed by atoms with van der Waals surface area (Å²) in [5, 5.41) is 3.03. The maximum absolute atomic E-state index is 13.1. The Hall–Kier alpha value is -3.35. The van der Waals surface area contributed by atoms with Crippen LogP contribution in [-0.2, 0) is 11.0 Å². The predicted molar refractivity (Wildman–Crippen MR) is 138 cm³/mol. The van der Waals surface area contributed by atoms with Crippen LogP contribution in [0.15, 0.2) is 30.6 Å². The average molecular weight is 495 g/mol. The highest BCUT2D eigenvalue weighted by Gasteiger charge is 2.36. The highest BCUT2D eigenvalue weighted by atomic mass is 28.4. The lowest BCUT2D eigenvalue weighted by Crippen LogP contribution is -2.40. The van der Waals surface area contributed by atoms with E-state index in [4.69, 9.17) is 13.9 Å². The number of imidazole rings is 1. The number of hydrogen-bond donors (Lipinski definition) is 1. The minimum absolute atomic E-state index is 0.106. The molecule has 3 aromatic rings. The van der Waals surface area contributed by atoms with E-state index in [0.29, 0.717) is 29.3 Å². The van der Waals surface area contributed by atoms with Crippen LogP contribution in [0.1, 0.15) is 48.3 Å². The molecule has 186 valence electrons. The molecule has 0 aliphatic rings. The minimum atomic E-state index is -1.90. The monoisotopic (exact) mass is 494 g/mol. The number of carbonyl (C=O) groups excluding carboxylic acids is 1. The number of ether oxygens (including phenoxy) is 2. The Kier molecular flexibility index (Phi) is 7.88. The first-order chi connectivity index (χ1) is 16.5. The third-order valence-electron chi connectivity index (χ3n) is 6.31. The van der Waals surface area contributed by atoms with Gasteiger partial charge in [0, 0.05) is 24.4 Å². The van der Waals surface area contributed by atoms with Crippen molar-refractivity contribution < 1.29 is 18.7 Å². The van der Waals surface area contributed by atoms with E-state index in [1.165, 1.54) is 0 Å². The van der Waals surface area contributed by atoms with Gasteiger partial charge in [0.1, 0.15) is 22.7 Å². The second-order valence-corrected chi connectivity index (χ2v) is 14.6. The lowest BCUT2D eigenvalue weighted by atomic mass is 10.2. The summed E-state index contributed by atoms with van der Waals surface area (Å²) in [5.74, 6) is 7.37. The van der Waals surface area contributed by atoms with Gasteiger partial charge < -0.3 is 19.2 Å². The maximum Gasteiger partial charge on any atom is 0.287 e. The number of aryl methyl sites for hydroxylation is 1. The van der Waals surface area contributed by atoms with Gasteiger partial charge in [0.15, 0.2) is 8.32 Å². The molecule has 1 amide bonds. The van der Waals surface area contributed by atoms with Crippen LogP contribution >= 0.6 is 0 Å². The van der Waals surface area contributed by atoms with Crippen molar-refractivity contribution in [3.8, 4) is 23.3 Å². The average Bonchev–Trinajstić information content (AvgIpc) is 3.17. The molecule has 0 aliphatic heterocycles. The summed E-state index contributed by atoms with van der Waals surface area (Å²) in [5.41, 5.74) is 2.75. The number of methoxy groups -OCH3 is 2. The van der Waals surface area contributed by atoms with Crippen molar-refractivity contribution in [3.05, 3.63) is 53.4 Å². The second-order valence-electron chi connectivity index (χ2n) is 9.78. The zero-order chi connectivity index (χ0) is 25.8. The Labute approximate surface area is 208 Å². The van der Waals surface area contributed by atoms with Crippen LogP contribution in [0.25, 0.3) is 5.52 Å². The van der Waals surface area contributed by atoms with E-state index in [1.54, 1.807) is 37.1 Å². The summed E-state index contributed by atoms with van der Waals surface area (Å²) in [7, 11) is 1.28. The molecule has 3 rings (SSSR count). The molecule has 0 saturated heterocycles. The molecule has 1 N–H and O–H groups in total. The molecule has 2 aromatic heterocycles. The zero-order valence-corrected chi connectivity index (χ0v) is 22.8. The van der Waals surface area contributed by atoms with E-state index in [9.17, 15) is 4.79 Å². The molecule has 0 saturated carbocycles. The van der Waals surface area contributed by atoms with Crippen LogP contribution in [0.4, 0.5) is 0 Å². The Bertz CT molecular complexity index is 1280. The van der Waals surface area contributed by atoms with Crippen LogP contribution in [0.2, 0.25) is 18.1 Å². The number of rotatable bonds is 7. The van der Waals surface area contributed by atoms with E-state index in [-0.39, 0.29) is 23.3 Å². The normalized spacial score (nSPS) is 11.7. The lowest BCUT2D eigenvalue weighted by Gasteiger charge is -2.35. The number of nitrogens with zero attached hydrogens (tertiary/aromatic N) is 3. The van der Waals surface area contributed by atoms with Gasteiger partial charge in [0.05, 0.1) is 32.7 Å². The molecule has 2 heterocycles. The molecule has 8 nitrogen and oxygen atoms in total.